The van der Waals surface area contributed by atoms with Gasteiger partial charge in [0, 0.05) is 37.2 Å². The summed E-state index contributed by atoms with van der Waals surface area (Å²) in [5, 5.41) is 11.9. The summed E-state index contributed by atoms with van der Waals surface area (Å²) in [7, 11) is 3.62. The number of nitrogen functional groups attached to an aromatic ring is 1. The maximum atomic E-state index is 11.8. The number of hydrogen-bond acceptors (Lipinski definition) is 8. The number of thiophene rings is 1. The van der Waals surface area contributed by atoms with Crippen molar-refractivity contribution in [2.24, 2.45) is 5.92 Å². The van der Waals surface area contributed by atoms with Gasteiger partial charge in [-0.15, -0.1) is 11.3 Å². The number of carbonyl (C=O) groups is 1. The molecular formula is C22H27N7OS. The van der Waals surface area contributed by atoms with Crippen LogP contribution in [0, 0.1) is 11.3 Å². The van der Waals surface area contributed by atoms with Crippen LogP contribution in [0.1, 0.15) is 41.7 Å². The molecule has 1 unspecified atom stereocenters. The fraction of sp³-hybridized carbons (Fsp3) is 0.409. The van der Waals surface area contributed by atoms with Gasteiger partial charge < -0.3 is 21.4 Å². The second-order valence-corrected chi connectivity index (χ2v) is 9.25. The van der Waals surface area contributed by atoms with Crippen molar-refractivity contribution in [1.82, 2.24) is 19.9 Å². The maximum absolute atomic E-state index is 11.8. The molecule has 0 spiro atoms. The van der Waals surface area contributed by atoms with Gasteiger partial charge in [-0.3, -0.25) is 4.79 Å². The first-order valence-corrected chi connectivity index (χ1v) is 11.3. The lowest BCUT2D eigenvalue weighted by molar-refractivity contribution is -0.128. The number of pyridine rings is 1. The smallest absolute Gasteiger partial charge is 0.222 e. The lowest BCUT2D eigenvalue weighted by Gasteiger charge is -2.22. The summed E-state index contributed by atoms with van der Waals surface area (Å²) >= 11 is 1.74. The molecule has 4 N–H and O–H groups in total. The van der Waals surface area contributed by atoms with Crippen molar-refractivity contribution in [3.8, 4) is 0 Å². The Balaban J connectivity index is 1.52. The molecule has 3 aromatic heterocycles. The van der Waals surface area contributed by atoms with Gasteiger partial charge in [-0.2, -0.15) is 0 Å². The van der Waals surface area contributed by atoms with Crippen LogP contribution < -0.4 is 11.1 Å². The lowest BCUT2D eigenvalue weighted by atomic mass is 9.84. The summed E-state index contributed by atoms with van der Waals surface area (Å²) in [4.78, 5) is 29.2. The molecule has 0 bridgehead atoms. The molecule has 0 saturated carbocycles. The highest BCUT2D eigenvalue weighted by atomic mass is 32.1. The Bertz CT molecular complexity index is 1120. The highest BCUT2D eigenvalue weighted by Gasteiger charge is 2.25. The predicted octanol–water partition coefficient (Wildman–Crippen LogP) is 3.77. The van der Waals surface area contributed by atoms with Gasteiger partial charge in [0.1, 0.15) is 22.8 Å². The number of rotatable bonds is 7. The summed E-state index contributed by atoms with van der Waals surface area (Å²) in [6, 6.07) is 1.75. The number of hydrogen-bond donors (Lipinski definition) is 3. The highest BCUT2D eigenvalue weighted by Crippen LogP contribution is 2.41. The molecule has 8 nitrogen and oxygen atoms in total. The minimum absolute atomic E-state index is 0.201. The van der Waals surface area contributed by atoms with E-state index in [-0.39, 0.29) is 5.91 Å². The van der Waals surface area contributed by atoms with E-state index in [1.807, 2.05) is 14.1 Å². The number of nitrogens with two attached hydrogens (primary N) is 1. The van der Waals surface area contributed by atoms with Crippen molar-refractivity contribution in [1.29, 1.82) is 5.41 Å². The van der Waals surface area contributed by atoms with Crippen LogP contribution in [0.5, 0.6) is 0 Å². The fourth-order valence-corrected chi connectivity index (χ4v) is 5.38. The highest BCUT2D eigenvalue weighted by molar-refractivity contribution is 7.19. The average Bonchev–Trinajstić information content (AvgIpc) is 3.13. The molecule has 1 amide bonds. The summed E-state index contributed by atoms with van der Waals surface area (Å²) in [5.74, 6) is 2.15. The Morgan fingerprint density at radius 1 is 1.39 bits per heavy atom. The molecule has 3 aromatic rings. The summed E-state index contributed by atoms with van der Waals surface area (Å²) < 4.78 is 0. The van der Waals surface area contributed by atoms with Crippen LogP contribution in [0.3, 0.4) is 0 Å². The number of carbonyl (C=O) groups excluding carboxylic acids is 1. The Hall–Kier alpha value is -3.07. The van der Waals surface area contributed by atoms with Gasteiger partial charge in [-0.25, -0.2) is 15.0 Å². The van der Waals surface area contributed by atoms with E-state index in [9.17, 15) is 4.79 Å². The zero-order valence-corrected chi connectivity index (χ0v) is 18.6. The standard InChI is InChI=1S/C22H27N7OS/c1-29(2)19(30)5-3-4-13-6-7-15-17(8-13)31-22-20(15)21(26-12-27-22)28-18-9-14(10-23)16(24)11-25-18/h9-13,23H,3-8,24H2,1-2H3,(H,25,26,27,28). The number of amides is 1. The molecule has 0 radical (unpaired) electrons. The molecule has 0 aliphatic heterocycles. The third-order valence-corrected chi connectivity index (χ3v) is 6.98. The minimum atomic E-state index is 0.201. The van der Waals surface area contributed by atoms with E-state index in [2.05, 4.69) is 20.3 Å². The summed E-state index contributed by atoms with van der Waals surface area (Å²) in [6.45, 7) is 0. The van der Waals surface area contributed by atoms with Crippen molar-refractivity contribution in [2.75, 3.05) is 25.1 Å². The molecule has 0 fully saturated rings. The average molecular weight is 438 g/mol. The Morgan fingerprint density at radius 3 is 3.00 bits per heavy atom. The number of fused-ring (bicyclic) bond motifs is 3. The van der Waals surface area contributed by atoms with Crippen LogP contribution in [0.2, 0.25) is 0 Å². The number of nitrogens with one attached hydrogen (secondary N) is 2. The van der Waals surface area contributed by atoms with E-state index in [0.717, 1.165) is 48.1 Å². The molecule has 9 heteroatoms. The van der Waals surface area contributed by atoms with Gasteiger partial charge in [-0.05, 0) is 49.7 Å². The van der Waals surface area contributed by atoms with Crippen LogP contribution >= 0.6 is 11.3 Å². The first-order chi connectivity index (χ1) is 15.0. The van der Waals surface area contributed by atoms with Crippen molar-refractivity contribution in [2.45, 2.75) is 38.5 Å². The number of aromatic nitrogens is 3. The molecule has 162 valence electrons. The Morgan fingerprint density at radius 2 is 2.23 bits per heavy atom. The van der Waals surface area contributed by atoms with Crippen LogP contribution in [-0.2, 0) is 17.6 Å². The molecule has 1 aliphatic rings. The molecule has 3 heterocycles. The monoisotopic (exact) mass is 437 g/mol. The Kier molecular flexibility index (Phi) is 6.13. The normalized spacial score (nSPS) is 15.5. The minimum Gasteiger partial charge on any atom is -0.397 e. The van der Waals surface area contributed by atoms with E-state index in [0.29, 0.717) is 29.4 Å². The first kappa shape index (κ1) is 21.2. The van der Waals surface area contributed by atoms with Crippen molar-refractivity contribution in [3.05, 3.63) is 34.6 Å². The molecule has 0 aromatic carbocycles. The van der Waals surface area contributed by atoms with Crippen LogP contribution in [0.4, 0.5) is 17.3 Å². The van der Waals surface area contributed by atoms with Crippen LogP contribution in [0.25, 0.3) is 10.2 Å². The van der Waals surface area contributed by atoms with E-state index < -0.39 is 0 Å². The van der Waals surface area contributed by atoms with Gasteiger partial charge in [0.2, 0.25) is 5.91 Å². The second kappa shape index (κ2) is 8.97. The first-order valence-electron chi connectivity index (χ1n) is 10.4. The van der Waals surface area contributed by atoms with Gasteiger partial charge in [0.05, 0.1) is 17.3 Å². The van der Waals surface area contributed by atoms with Gasteiger partial charge in [-0.1, -0.05) is 0 Å². The van der Waals surface area contributed by atoms with Crippen LogP contribution in [0.15, 0.2) is 18.6 Å². The van der Waals surface area contributed by atoms with Crippen molar-refractivity contribution < 1.29 is 4.79 Å². The van der Waals surface area contributed by atoms with Gasteiger partial charge >= 0.3 is 0 Å². The second-order valence-electron chi connectivity index (χ2n) is 8.16. The van der Waals surface area contributed by atoms with Gasteiger partial charge in [0.25, 0.3) is 0 Å². The summed E-state index contributed by atoms with van der Waals surface area (Å²) in [6.07, 6.45) is 10.1. The number of anilines is 3. The van der Waals surface area contributed by atoms with E-state index in [4.69, 9.17) is 11.1 Å². The van der Waals surface area contributed by atoms with Crippen LogP contribution in [-0.4, -0.2) is 46.1 Å². The zero-order chi connectivity index (χ0) is 22.0. The van der Waals surface area contributed by atoms with Crippen molar-refractivity contribution in [3.63, 3.8) is 0 Å². The van der Waals surface area contributed by atoms with E-state index in [1.165, 1.54) is 16.7 Å². The van der Waals surface area contributed by atoms with E-state index >= 15 is 0 Å². The molecule has 4 rings (SSSR count). The molecule has 0 saturated heterocycles. The largest absolute Gasteiger partial charge is 0.397 e. The molecule has 1 aliphatic carbocycles. The topological polar surface area (TPSA) is 121 Å². The maximum Gasteiger partial charge on any atom is 0.222 e. The quantitative estimate of drug-likeness (QED) is 0.484. The lowest BCUT2D eigenvalue weighted by Crippen LogP contribution is -2.21. The number of nitrogens with zero attached hydrogens (tertiary/aromatic N) is 4. The Labute approximate surface area is 185 Å². The zero-order valence-electron chi connectivity index (χ0n) is 17.8. The molecule has 1 atom stereocenters. The fourth-order valence-electron chi connectivity index (χ4n) is 4.08. The third-order valence-electron chi connectivity index (χ3n) is 5.82. The summed E-state index contributed by atoms with van der Waals surface area (Å²) in [5.41, 5.74) is 8.26. The molecular weight excluding hydrogens is 410 g/mol. The van der Waals surface area contributed by atoms with E-state index in [1.54, 1.807) is 34.8 Å². The molecule has 31 heavy (non-hydrogen) atoms. The SMILES string of the molecule is CN(C)C(=O)CCCC1CCc2c(sc3ncnc(Nc4cc(C=N)c(N)cn4)c23)C1. The van der Waals surface area contributed by atoms with Gasteiger partial charge in [0.15, 0.2) is 0 Å². The van der Waals surface area contributed by atoms with Crippen molar-refractivity contribution >= 4 is 51.0 Å². The predicted molar refractivity (Wildman–Crippen MR) is 125 cm³/mol. The third kappa shape index (κ3) is 4.51. The number of aryl methyl sites for hydroxylation is 1.